The van der Waals surface area contributed by atoms with Gasteiger partial charge in [-0.25, -0.2) is 0 Å². The Balaban J connectivity index is 1.61. The molecular formula is C27H25F3N2O5S. The van der Waals surface area contributed by atoms with Crippen LogP contribution < -0.4 is 14.8 Å². The fourth-order valence-electron chi connectivity index (χ4n) is 4.01. The summed E-state index contributed by atoms with van der Waals surface area (Å²) in [6.07, 6.45) is -3.95. The average Bonchev–Trinajstić information content (AvgIpc) is 3.11. The highest BCUT2D eigenvalue weighted by molar-refractivity contribution is 7.99. The normalized spacial score (nSPS) is 14.1. The molecule has 0 saturated carbocycles. The van der Waals surface area contributed by atoms with Crippen LogP contribution in [0.2, 0.25) is 0 Å². The third kappa shape index (κ3) is 6.21. The number of nitro groups is 1. The van der Waals surface area contributed by atoms with E-state index in [4.69, 9.17) is 9.47 Å². The molecule has 0 spiro atoms. The highest BCUT2D eigenvalue weighted by Gasteiger charge is 2.33. The van der Waals surface area contributed by atoms with Gasteiger partial charge in [-0.3, -0.25) is 14.9 Å². The molecule has 38 heavy (non-hydrogen) atoms. The van der Waals surface area contributed by atoms with Gasteiger partial charge in [-0.2, -0.15) is 13.2 Å². The summed E-state index contributed by atoms with van der Waals surface area (Å²) in [4.78, 5) is 24.5. The van der Waals surface area contributed by atoms with Crippen molar-refractivity contribution in [2.45, 2.75) is 42.3 Å². The Kier molecular flexibility index (Phi) is 8.15. The Morgan fingerprint density at radius 3 is 2.39 bits per heavy atom. The van der Waals surface area contributed by atoms with E-state index in [1.165, 1.54) is 0 Å². The molecule has 0 unspecified atom stereocenters. The van der Waals surface area contributed by atoms with Gasteiger partial charge in [0.1, 0.15) is 0 Å². The lowest BCUT2D eigenvalue weighted by Gasteiger charge is -2.24. The summed E-state index contributed by atoms with van der Waals surface area (Å²) in [6, 6.07) is 13.9. The van der Waals surface area contributed by atoms with Gasteiger partial charge in [-0.15, -0.1) is 0 Å². The summed E-state index contributed by atoms with van der Waals surface area (Å²) < 4.78 is 50.8. The van der Waals surface area contributed by atoms with E-state index >= 15 is 0 Å². The van der Waals surface area contributed by atoms with E-state index in [1.54, 1.807) is 24.3 Å². The summed E-state index contributed by atoms with van der Waals surface area (Å²) in [6.45, 7) is 5.00. The molecule has 1 atom stereocenters. The Morgan fingerprint density at radius 2 is 1.71 bits per heavy atom. The number of benzene rings is 3. The highest BCUT2D eigenvalue weighted by Crippen LogP contribution is 2.40. The first-order valence-electron chi connectivity index (χ1n) is 11.9. The first-order valence-corrected chi connectivity index (χ1v) is 12.7. The van der Waals surface area contributed by atoms with Crippen LogP contribution >= 0.6 is 11.8 Å². The van der Waals surface area contributed by atoms with E-state index in [2.05, 4.69) is 5.32 Å². The molecule has 1 aliphatic heterocycles. The molecule has 1 aliphatic rings. The molecule has 4 rings (SSSR count). The van der Waals surface area contributed by atoms with Crippen LogP contribution in [-0.2, 0) is 6.18 Å². The number of amides is 1. The quantitative estimate of drug-likeness (QED) is 0.252. The van der Waals surface area contributed by atoms with Crippen LogP contribution in [0.3, 0.4) is 0 Å². The van der Waals surface area contributed by atoms with Crippen molar-refractivity contribution in [2.75, 3.05) is 13.2 Å². The third-order valence-electron chi connectivity index (χ3n) is 5.92. The summed E-state index contributed by atoms with van der Waals surface area (Å²) in [5, 5.41) is 14.6. The molecule has 1 heterocycles. The Bertz CT molecular complexity index is 1350. The van der Waals surface area contributed by atoms with Crippen LogP contribution in [0.5, 0.6) is 11.5 Å². The number of carbonyl (C=O) groups is 1. The van der Waals surface area contributed by atoms with Crippen molar-refractivity contribution in [1.82, 2.24) is 5.32 Å². The van der Waals surface area contributed by atoms with E-state index in [1.807, 2.05) is 32.0 Å². The lowest BCUT2D eigenvalue weighted by molar-refractivity contribution is -0.388. The smallest absolute Gasteiger partial charge is 0.416 e. The molecule has 0 saturated heterocycles. The molecule has 0 fully saturated rings. The minimum Gasteiger partial charge on any atom is -0.490 e. The van der Waals surface area contributed by atoms with E-state index < -0.39 is 34.3 Å². The van der Waals surface area contributed by atoms with Gasteiger partial charge >= 0.3 is 6.18 Å². The van der Waals surface area contributed by atoms with E-state index in [0.29, 0.717) is 35.7 Å². The van der Waals surface area contributed by atoms with Crippen molar-refractivity contribution >= 4 is 23.4 Å². The SMILES string of the molecule is CC(C)[C@@H](NC(=O)c1ccccc1Sc1ccc(C(F)(F)F)cc1[N+](=O)[O-])c1ccc2c(c1)OCCCO2. The summed E-state index contributed by atoms with van der Waals surface area (Å²) in [7, 11) is 0. The lowest BCUT2D eigenvalue weighted by atomic mass is 9.95. The Morgan fingerprint density at radius 1 is 1.00 bits per heavy atom. The fourth-order valence-corrected chi connectivity index (χ4v) is 5.04. The molecule has 11 heteroatoms. The molecule has 3 aromatic rings. The molecule has 0 bridgehead atoms. The monoisotopic (exact) mass is 546 g/mol. The van der Waals surface area contributed by atoms with Crippen LogP contribution in [0.4, 0.5) is 18.9 Å². The van der Waals surface area contributed by atoms with E-state index in [9.17, 15) is 28.1 Å². The first kappa shape index (κ1) is 27.3. The van der Waals surface area contributed by atoms with Gasteiger partial charge in [0.15, 0.2) is 11.5 Å². The van der Waals surface area contributed by atoms with Gasteiger partial charge in [0.2, 0.25) is 0 Å². The number of rotatable bonds is 7. The molecule has 0 radical (unpaired) electrons. The molecule has 3 aromatic carbocycles. The zero-order valence-electron chi connectivity index (χ0n) is 20.6. The number of carbonyl (C=O) groups excluding carboxylic acids is 1. The highest BCUT2D eigenvalue weighted by atomic mass is 32.2. The summed E-state index contributed by atoms with van der Waals surface area (Å²) in [5.74, 6) is 0.818. The third-order valence-corrected chi connectivity index (χ3v) is 7.06. The van der Waals surface area contributed by atoms with Crippen LogP contribution in [0.25, 0.3) is 0 Å². The number of fused-ring (bicyclic) bond motifs is 1. The molecule has 7 nitrogen and oxygen atoms in total. The van der Waals surface area contributed by atoms with Crippen LogP contribution in [-0.4, -0.2) is 24.0 Å². The predicted octanol–water partition coefficient (Wildman–Crippen LogP) is 7.05. The minimum atomic E-state index is -4.72. The van der Waals surface area contributed by atoms with Gasteiger partial charge in [0, 0.05) is 17.4 Å². The van der Waals surface area contributed by atoms with Gasteiger partial charge in [-0.05, 0) is 47.9 Å². The lowest BCUT2D eigenvalue weighted by Crippen LogP contribution is -2.32. The second-order valence-corrected chi connectivity index (χ2v) is 10.1. The van der Waals surface area contributed by atoms with Gasteiger partial charge in [-0.1, -0.05) is 43.8 Å². The summed E-state index contributed by atoms with van der Waals surface area (Å²) >= 11 is 0.863. The van der Waals surface area contributed by atoms with Crippen molar-refractivity contribution < 1.29 is 32.4 Å². The van der Waals surface area contributed by atoms with Crippen molar-refractivity contribution in [3.05, 3.63) is 87.5 Å². The minimum absolute atomic E-state index is 0.000452. The number of nitrogens with one attached hydrogen (secondary N) is 1. The number of nitrogens with zero attached hydrogens (tertiary/aromatic N) is 1. The Labute approximate surface area is 221 Å². The number of hydrogen-bond acceptors (Lipinski definition) is 6. The first-order chi connectivity index (χ1) is 18.0. The maximum atomic E-state index is 13.4. The largest absolute Gasteiger partial charge is 0.490 e. The molecule has 200 valence electrons. The van der Waals surface area contributed by atoms with Crippen molar-refractivity contribution in [3.63, 3.8) is 0 Å². The maximum Gasteiger partial charge on any atom is 0.416 e. The van der Waals surface area contributed by atoms with Crippen molar-refractivity contribution in [1.29, 1.82) is 0 Å². The molecular weight excluding hydrogens is 521 g/mol. The van der Waals surface area contributed by atoms with Gasteiger partial charge in [0.25, 0.3) is 11.6 Å². The molecule has 1 amide bonds. The second-order valence-electron chi connectivity index (χ2n) is 8.99. The fraction of sp³-hybridized carbons (Fsp3) is 0.296. The number of halogens is 3. The Hall–Kier alpha value is -3.73. The maximum absolute atomic E-state index is 13.4. The van der Waals surface area contributed by atoms with Gasteiger partial charge < -0.3 is 14.8 Å². The van der Waals surface area contributed by atoms with E-state index in [0.717, 1.165) is 35.9 Å². The molecule has 0 aromatic heterocycles. The standard InChI is InChI=1S/C27H25F3N2O5S/c1-16(2)25(17-8-10-21-22(14-17)37-13-5-12-36-21)31-26(33)19-6-3-4-7-23(19)38-24-11-9-18(27(28,29)30)15-20(24)32(34)35/h3-4,6-11,14-16,25H,5,12-13H2,1-2H3,(H,31,33)/t25-/m1/s1. The number of alkyl halides is 3. The van der Waals surface area contributed by atoms with Crippen molar-refractivity contribution in [2.24, 2.45) is 5.92 Å². The van der Waals surface area contributed by atoms with E-state index in [-0.39, 0.29) is 16.4 Å². The van der Waals surface area contributed by atoms with Crippen molar-refractivity contribution in [3.8, 4) is 11.5 Å². The number of hydrogen-bond donors (Lipinski definition) is 1. The second kappa shape index (κ2) is 11.3. The average molecular weight is 547 g/mol. The van der Waals surface area contributed by atoms with Crippen LogP contribution in [0.15, 0.2) is 70.5 Å². The topological polar surface area (TPSA) is 90.7 Å². The predicted molar refractivity (Wildman–Crippen MR) is 136 cm³/mol. The zero-order chi connectivity index (χ0) is 27.4. The molecule has 1 N–H and O–H groups in total. The number of ether oxygens (including phenoxy) is 2. The summed E-state index contributed by atoms with van der Waals surface area (Å²) in [5.41, 5.74) is -0.741. The number of nitro benzene ring substituents is 1. The molecule has 0 aliphatic carbocycles. The van der Waals surface area contributed by atoms with Crippen LogP contribution in [0, 0.1) is 16.0 Å². The zero-order valence-corrected chi connectivity index (χ0v) is 21.4. The van der Waals surface area contributed by atoms with Gasteiger partial charge in [0.05, 0.1) is 40.2 Å². The van der Waals surface area contributed by atoms with Crippen LogP contribution in [0.1, 0.15) is 47.8 Å².